The Kier molecular flexibility index (Phi) is 5.52. The van der Waals surface area contributed by atoms with Gasteiger partial charge in [-0.1, -0.05) is 42.6 Å². The number of nitrogens with zero attached hydrogens (tertiary/aromatic N) is 1. The molecule has 0 unspecified atom stereocenters. The van der Waals surface area contributed by atoms with Crippen LogP contribution in [-0.2, 0) is 6.42 Å². The average Bonchev–Trinajstić information content (AvgIpc) is 2.92. The molecule has 104 valence electrons. The Morgan fingerprint density at radius 1 is 1.32 bits per heavy atom. The van der Waals surface area contributed by atoms with E-state index < -0.39 is 0 Å². The molecule has 0 bridgehead atoms. The van der Waals surface area contributed by atoms with Crippen LogP contribution in [0.2, 0.25) is 5.02 Å². The number of guanidine groups is 1. The maximum atomic E-state index is 6.14. The molecule has 2 N–H and O–H groups in total. The third-order valence-corrected chi connectivity index (χ3v) is 3.93. The highest BCUT2D eigenvalue weighted by Gasteiger charge is 2.15. The van der Waals surface area contributed by atoms with Crippen LogP contribution < -0.4 is 10.6 Å². The summed E-state index contributed by atoms with van der Waals surface area (Å²) in [5.41, 5.74) is 1.17. The van der Waals surface area contributed by atoms with Gasteiger partial charge in [0.25, 0.3) is 0 Å². The molecule has 1 aliphatic rings. The minimum Gasteiger partial charge on any atom is -0.356 e. The van der Waals surface area contributed by atoms with Gasteiger partial charge in [-0.25, -0.2) is 0 Å². The first kappa shape index (κ1) is 14.2. The highest BCUT2D eigenvalue weighted by molar-refractivity contribution is 6.31. The summed E-state index contributed by atoms with van der Waals surface area (Å²) in [5.74, 6) is 0.902. The van der Waals surface area contributed by atoms with Crippen molar-refractivity contribution >= 4 is 17.6 Å². The van der Waals surface area contributed by atoms with Crippen LogP contribution >= 0.6 is 11.6 Å². The molecule has 0 amide bonds. The van der Waals surface area contributed by atoms with Gasteiger partial charge in [0.15, 0.2) is 5.96 Å². The zero-order chi connectivity index (χ0) is 13.5. The van der Waals surface area contributed by atoms with Crippen molar-refractivity contribution in [3.05, 3.63) is 34.9 Å². The van der Waals surface area contributed by atoms with E-state index in [1.165, 1.54) is 31.2 Å². The lowest BCUT2D eigenvalue weighted by molar-refractivity contribution is 0.613. The molecule has 0 atom stereocenters. The summed E-state index contributed by atoms with van der Waals surface area (Å²) in [7, 11) is 1.82. The Bertz CT molecular complexity index is 425. The zero-order valence-corrected chi connectivity index (χ0v) is 12.2. The van der Waals surface area contributed by atoms with Crippen molar-refractivity contribution in [2.24, 2.45) is 4.99 Å². The summed E-state index contributed by atoms with van der Waals surface area (Å²) in [6.07, 6.45) is 6.07. The second kappa shape index (κ2) is 7.39. The fraction of sp³-hybridized carbons (Fsp3) is 0.533. The molecule has 2 rings (SSSR count). The largest absolute Gasteiger partial charge is 0.356 e. The minimum atomic E-state index is 0.589. The topological polar surface area (TPSA) is 36.4 Å². The smallest absolute Gasteiger partial charge is 0.191 e. The van der Waals surface area contributed by atoms with Gasteiger partial charge in [-0.05, 0) is 30.9 Å². The summed E-state index contributed by atoms with van der Waals surface area (Å²) < 4.78 is 0. The lowest BCUT2D eigenvalue weighted by Crippen LogP contribution is -2.43. The number of aliphatic imine (C=N–C) groups is 1. The third kappa shape index (κ3) is 4.43. The molecule has 0 radical (unpaired) electrons. The molecule has 1 aromatic rings. The van der Waals surface area contributed by atoms with E-state index in [9.17, 15) is 0 Å². The quantitative estimate of drug-likeness (QED) is 0.657. The molecule has 1 saturated carbocycles. The van der Waals surface area contributed by atoms with Gasteiger partial charge >= 0.3 is 0 Å². The van der Waals surface area contributed by atoms with Gasteiger partial charge in [-0.3, -0.25) is 4.99 Å². The van der Waals surface area contributed by atoms with Crippen LogP contribution in [0.5, 0.6) is 0 Å². The molecule has 1 aromatic carbocycles. The van der Waals surface area contributed by atoms with Crippen molar-refractivity contribution in [1.29, 1.82) is 0 Å². The van der Waals surface area contributed by atoms with Gasteiger partial charge in [0.1, 0.15) is 0 Å². The summed E-state index contributed by atoms with van der Waals surface area (Å²) in [6, 6.07) is 8.57. The fourth-order valence-electron chi connectivity index (χ4n) is 2.47. The van der Waals surface area contributed by atoms with Gasteiger partial charge < -0.3 is 10.6 Å². The Morgan fingerprint density at radius 3 is 2.74 bits per heavy atom. The SMILES string of the molecule is CN=C(NCCc1ccccc1Cl)NC1CCCC1. The van der Waals surface area contributed by atoms with Gasteiger partial charge in [-0.15, -0.1) is 0 Å². The van der Waals surface area contributed by atoms with Crippen LogP contribution in [0.15, 0.2) is 29.3 Å². The number of rotatable bonds is 4. The lowest BCUT2D eigenvalue weighted by atomic mass is 10.1. The Hall–Kier alpha value is -1.22. The van der Waals surface area contributed by atoms with E-state index >= 15 is 0 Å². The number of halogens is 1. The number of nitrogens with one attached hydrogen (secondary N) is 2. The van der Waals surface area contributed by atoms with E-state index in [2.05, 4.69) is 21.7 Å². The van der Waals surface area contributed by atoms with Crippen molar-refractivity contribution in [1.82, 2.24) is 10.6 Å². The van der Waals surface area contributed by atoms with Crippen molar-refractivity contribution in [3.8, 4) is 0 Å². The standard InChI is InChI=1S/C15H22ClN3/c1-17-15(19-13-7-3-4-8-13)18-11-10-12-6-2-5-9-14(12)16/h2,5-6,9,13H,3-4,7-8,10-11H2,1H3,(H2,17,18,19). The highest BCUT2D eigenvalue weighted by atomic mass is 35.5. The molecule has 0 spiro atoms. The first-order valence-corrected chi connectivity index (χ1v) is 7.38. The van der Waals surface area contributed by atoms with Crippen molar-refractivity contribution in [2.45, 2.75) is 38.1 Å². The first-order valence-electron chi connectivity index (χ1n) is 7.00. The average molecular weight is 280 g/mol. The van der Waals surface area contributed by atoms with E-state index in [0.717, 1.165) is 23.9 Å². The molecule has 1 aliphatic carbocycles. The monoisotopic (exact) mass is 279 g/mol. The maximum Gasteiger partial charge on any atom is 0.191 e. The molecule has 0 heterocycles. The van der Waals surface area contributed by atoms with E-state index in [1.54, 1.807) is 0 Å². The van der Waals surface area contributed by atoms with Crippen LogP contribution in [0.3, 0.4) is 0 Å². The maximum absolute atomic E-state index is 6.14. The van der Waals surface area contributed by atoms with Crippen LogP contribution in [-0.4, -0.2) is 25.6 Å². The van der Waals surface area contributed by atoms with Crippen LogP contribution in [0.1, 0.15) is 31.2 Å². The number of hydrogen-bond donors (Lipinski definition) is 2. The van der Waals surface area contributed by atoms with Gasteiger partial charge in [-0.2, -0.15) is 0 Å². The second-order valence-electron chi connectivity index (χ2n) is 4.97. The van der Waals surface area contributed by atoms with Crippen LogP contribution in [0.4, 0.5) is 0 Å². The van der Waals surface area contributed by atoms with Crippen molar-refractivity contribution in [3.63, 3.8) is 0 Å². The molecular weight excluding hydrogens is 258 g/mol. The minimum absolute atomic E-state index is 0.589. The second-order valence-corrected chi connectivity index (χ2v) is 5.37. The molecule has 0 saturated heterocycles. The molecule has 19 heavy (non-hydrogen) atoms. The van der Waals surface area contributed by atoms with Gasteiger partial charge in [0.05, 0.1) is 0 Å². The van der Waals surface area contributed by atoms with Gasteiger partial charge in [0, 0.05) is 24.7 Å². The lowest BCUT2D eigenvalue weighted by Gasteiger charge is -2.16. The predicted molar refractivity (Wildman–Crippen MR) is 81.9 cm³/mol. The molecule has 3 nitrogen and oxygen atoms in total. The summed E-state index contributed by atoms with van der Waals surface area (Å²) in [6.45, 7) is 0.843. The third-order valence-electron chi connectivity index (χ3n) is 3.56. The molecule has 0 aromatic heterocycles. The molecule has 4 heteroatoms. The molecule has 1 fully saturated rings. The molecule has 0 aliphatic heterocycles. The zero-order valence-electron chi connectivity index (χ0n) is 11.5. The summed E-state index contributed by atoms with van der Waals surface area (Å²) in [4.78, 5) is 4.27. The Labute approximate surface area is 120 Å². The predicted octanol–water partition coefficient (Wildman–Crippen LogP) is 2.99. The van der Waals surface area contributed by atoms with Gasteiger partial charge in [0.2, 0.25) is 0 Å². The van der Waals surface area contributed by atoms with E-state index in [-0.39, 0.29) is 0 Å². The van der Waals surface area contributed by atoms with Crippen molar-refractivity contribution < 1.29 is 0 Å². The Balaban J connectivity index is 1.76. The van der Waals surface area contributed by atoms with E-state index in [0.29, 0.717) is 6.04 Å². The number of hydrogen-bond acceptors (Lipinski definition) is 1. The number of benzene rings is 1. The van der Waals surface area contributed by atoms with Crippen molar-refractivity contribution in [2.75, 3.05) is 13.6 Å². The van der Waals surface area contributed by atoms with E-state index in [4.69, 9.17) is 11.6 Å². The van der Waals surface area contributed by atoms with Crippen LogP contribution in [0, 0.1) is 0 Å². The highest BCUT2D eigenvalue weighted by Crippen LogP contribution is 2.17. The van der Waals surface area contributed by atoms with Crippen LogP contribution in [0.25, 0.3) is 0 Å². The first-order chi connectivity index (χ1) is 9.29. The normalized spacial score (nSPS) is 16.6. The Morgan fingerprint density at radius 2 is 2.05 bits per heavy atom. The fourth-order valence-corrected chi connectivity index (χ4v) is 2.71. The molecular formula is C15H22ClN3. The van der Waals surface area contributed by atoms with E-state index in [1.807, 2.05) is 25.2 Å². The summed E-state index contributed by atoms with van der Waals surface area (Å²) >= 11 is 6.14. The summed E-state index contributed by atoms with van der Waals surface area (Å²) in [5, 5.41) is 7.66.